The minimum atomic E-state index is -0.148. The molecule has 0 fully saturated rings. The second kappa shape index (κ2) is 53.7. The molecule has 6 N–H and O–H groups in total. The van der Waals surface area contributed by atoms with Crippen molar-refractivity contribution < 1.29 is 38.1 Å². The van der Waals surface area contributed by atoms with Crippen molar-refractivity contribution in [2.75, 3.05) is 52.6 Å². The van der Waals surface area contributed by atoms with Gasteiger partial charge in [0.05, 0.1) is 22.8 Å². The van der Waals surface area contributed by atoms with Crippen molar-refractivity contribution in [1.82, 2.24) is 41.2 Å². The van der Waals surface area contributed by atoms with E-state index in [1.165, 1.54) is 205 Å². The van der Waals surface area contributed by atoms with Crippen molar-refractivity contribution in [1.29, 1.82) is 0 Å². The lowest BCUT2D eigenvalue weighted by atomic mass is 10.0. The van der Waals surface area contributed by atoms with E-state index in [4.69, 9.17) is 28.9 Å². The zero-order valence-corrected chi connectivity index (χ0v) is 71.0. The molecule has 2 aliphatic heterocycles. The topological polar surface area (TPSA) is 211 Å². The number of hydrogen-bond donors (Lipinski definition) is 6. The van der Waals surface area contributed by atoms with Gasteiger partial charge in [-0.3, -0.25) is 19.2 Å². The molecule has 7 aromatic rings. The molecule has 5 heterocycles. The summed E-state index contributed by atoms with van der Waals surface area (Å²) in [5.41, 5.74) is 12.8. The maximum atomic E-state index is 13.1. The quantitative estimate of drug-likeness (QED) is 0.0199. The fraction of sp³-hybridized carbons (Fsp3) is 0.520. The zero-order chi connectivity index (χ0) is 81.3. The van der Waals surface area contributed by atoms with E-state index in [0.717, 1.165) is 118 Å². The predicted octanol–water partition coefficient (Wildman–Crippen LogP) is 25.0. The van der Waals surface area contributed by atoms with Crippen molar-refractivity contribution in [2.24, 2.45) is 0 Å². The van der Waals surface area contributed by atoms with Crippen LogP contribution in [0.1, 0.15) is 307 Å². The number of rotatable bonds is 60. The molecule has 0 spiro atoms. The van der Waals surface area contributed by atoms with Crippen LogP contribution in [0.3, 0.4) is 0 Å². The molecule has 8 bridgehead atoms. The average molecular weight is 1580 g/mol. The molecule has 0 unspecified atom stereocenters. The summed E-state index contributed by atoms with van der Waals surface area (Å²) in [6, 6.07) is 39.7. The van der Waals surface area contributed by atoms with Crippen molar-refractivity contribution in [3.05, 3.63) is 144 Å². The van der Waals surface area contributed by atoms with Crippen molar-refractivity contribution in [3.63, 3.8) is 0 Å². The summed E-state index contributed by atoms with van der Waals surface area (Å²) in [5.74, 6) is 1.67. The van der Waals surface area contributed by atoms with E-state index in [1.54, 1.807) is 0 Å². The molecule has 4 aromatic carbocycles. The fourth-order valence-corrected chi connectivity index (χ4v) is 15.5. The van der Waals surface area contributed by atoms with Gasteiger partial charge in [-0.2, -0.15) is 0 Å². The standard InChI is InChI=1S/C100H138N8O8/c1-5-9-13-17-21-25-29-33-37-41-69-101-93(109)73-113-81-53-45-77(46-54-81)97-85-61-63-87(105-85)98(78-47-55-82(56-48-78)114-74-94(110)102-70-42-38-34-30-26-22-18-14-10-6-2)89-65-67-91(107-89)100(80-51-59-84(60-52-80)116-76-96(112)104-72-44-40-36-32-28-24-20-16-12-8-4)92-68-66-90(108-92)99(88-64-62-86(97)106-88)79-49-57-83(58-50-79)115-75-95(111)103-71-43-39-35-31-27-23-19-15-11-7-3/h45-68,105,108H,5-44,69-76H2,1-4H3,(H,101,109)(H,102,110)(H,103,111)(H,104,112). The summed E-state index contributed by atoms with van der Waals surface area (Å²) in [6.07, 6.45) is 57.5. The second-order valence-electron chi connectivity index (χ2n) is 31.9. The number of fused-ring (bicyclic) bond motifs is 8. The number of carbonyl (C=O) groups excluding carboxylic acids is 4. The van der Waals surface area contributed by atoms with E-state index in [-0.39, 0.29) is 50.1 Å². The Hall–Kier alpha value is -9.44. The molecule has 16 nitrogen and oxygen atoms in total. The first-order chi connectivity index (χ1) is 57.1. The molecule has 116 heavy (non-hydrogen) atoms. The minimum absolute atomic E-state index is 0.0955. The molecular weight excluding hydrogens is 1440 g/mol. The monoisotopic (exact) mass is 1580 g/mol. The van der Waals surface area contributed by atoms with Crippen LogP contribution in [0.15, 0.2) is 121 Å². The lowest BCUT2D eigenvalue weighted by molar-refractivity contribution is -0.123. The molecule has 0 radical (unpaired) electrons. The van der Waals surface area contributed by atoms with Gasteiger partial charge in [0.15, 0.2) is 26.4 Å². The van der Waals surface area contributed by atoms with E-state index in [2.05, 4.69) is 107 Å². The maximum absolute atomic E-state index is 13.1. The van der Waals surface area contributed by atoms with Crippen LogP contribution in [0.2, 0.25) is 0 Å². The predicted molar refractivity (Wildman–Crippen MR) is 482 cm³/mol. The Bertz CT molecular complexity index is 3720. The summed E-state index contributed by atoms with van der Waals surface area (Å²) in [4.78, 5) is 71.4. The van der Waals surface area contributed by atoms with Crippen molar-refractivity contribution >= 4 is 70.0 Å². The van der Waals surface area contributed by atoms with E-state index in [1.807, 2.05) is 97.1 Å². The molecule has 0 saturated carbocycles. The van der Waals surface area contributed by atoms with Gasteiger partial charge in [0.2, 0.25) is 0 Å². The van der Waals surface area contributed by atoms with Gasteiger partial charge in [-0.25, -0.2) is 9.97 Å². The number of benzene rings is 4. The molecular formula is C100H138N8O8. The number of amides is 4. The number of aromatic nitrogens is 4. The summed E-state index contributed by atoms with van der Waals surface area (Å²) in [6.45, 7) is 11.1. The first kappa shape index (κ1) is 90.5. The van der Waals surface area contributed by atoms with Crippen LogP contribution in [-0.2, 0) is 19.2 Å². The Labute approximate surface area is 694 Å². The molecule has 16 heteroatoms. The SMILES string of the molecule is CCCCCCCCCCCCNC(=O)COc1ccc(-c2c3nc(c(-c4ccc(OCC(=O)NCCCCCCCCCCCC)cc4)c4ccc([nH]4)c(-c4ccc(OCC(=O)NCCCCCCCCCCCC)cc4)c4nc(c(-c5ccc(OCC(=O)NCCCCCCCCCCCC)cc5)c5ccc2[nH]5)C=C4)C=C3)cc1. The molecule has 9 rings (SSSR count). The summed E-state index contributed by atoms with van der Waals surface area (Å²) < 4.78 is 24.6. The van der Waals surface area contributed by atoms with Crippen LogP contribution >= 0.6 is 0 Å². The van der Waals surface area contributed by atoms with Gasteiger partial charge < -0.3 is 50.2 Å². The van der Waals surface area contributed by atoms with E-state index in [9.17, 15) is 19.2 Å². The Balaban J connectivity index is 1.01. The van der Waals surface area contributed by atoms with Gasteiger partial charge in [0, 0.05) is 70.5 Å². The summed E-state index contributed by atoms with van der Waals surface area (Å²) in [5, 5.41) is 12.3. The third-order valence-electron chi connectivity index (χ3n) is 22.2. The van der Waals surface area contributed by atoms with Crippen LogP contribution in [0.25, 0.3) is 90.9 Å². The average Bonchev–Trinajstić information content (AvgIpc) is 1.61. The molecule has 626 valence electrons. The summed E-state index contributed by atoms with van der Waals surface area (Å²) >= 11 is 0. The van der Waals surface area contributed by atoms with E-state index >= 15 is 0 Å². The number of H-pyrrole nitrogens is 2. The van der Waals surface area contributed by atoms with Crippen LogP contribution in [0, 0.1) is 0 Å². The van der Waals surface area contributed by atoms with E-state index < -0.39 is 0 Å². The largest absolute Gasteiger partial charge is 0.484 e. The van der Waals surface area contributed by atoms with Crippen molar-refractivity contribution in [2.45, 2.75) is 285 Å². The van der Waals surface area contributed by atoms with Gasteiger partial charge in [0.1, 0.15) is 23.0 Å². The van der Waals surface area contributed by atoms with Gasteiger partial charge in [0.25, 0.3) is 23.6 Å². The van der Waals surface area contributed by atoms with Crippen molar-refractivity contribution in [3.8, 4) is 67.5 Å². The highest BCUT2D eigenvalue weighted by Crippen LogP contribution is 2.40. The zero-order valence-electron chi connectivity index (χ0n) is 71.0. The van der Waals surface area contributed by atoms with Gasteiger partial charge in [-0.05, 0) is 145 Å². The fourth-order valence-electron chi connectivity index (χ4n) is 15.5. The Morgan fingerprint density at radius 3 is 0.595 bits per heavy atom. The smallest absolute Gasteiger partial charge is 0.257 e. The molecule has 4 amide bonds. The molecule has 0 atom stereocenters. The number of carbonyl (C=O) groups is 4. The van der Waals surface area contributed by atoms with Crippen LogP contribution in [0.4, 0.5) is 0 Å². The molecule has 3 aromatic heterocycles. The highest BCUT2D eigenvalue weighted by Gasteiger charge is 2.21. The molecule has 2 aliphatic rings. The summed E-state index contributed by atoms with van der Waals surface area (Å²) in [7, 11) is 0. The number of nitrogens with zero attached hydrogens (tertiary/aromatic N) is 2. The van der Waals surface area contributed by atoms with Gasteiger partial charge >= 0.3 is 0 Å². The second-order valence-corrected chi connectivity index (χ2v) is 31.9. The molecule has 0 saturated heterocycles. The third kappa shape index (κ3) is 32.2. The number of nitrogens with one attached hydrogen (secondary N) is 6. The first-order valence-electron chi connectivity index (χ1n) is 45.3. The van der Waals surface area contributed by atoms with E-state index in [0.29, 0.717) is 72.0 Å². The Morgan fingerprint density at radius 2 is 0.414 bits per heavy atom. The highest BCUT2D eigenvalue weighted by molar-refractivity contribution is 6.00. The number of ether oxygens (including phenoxy) is 4. The van der Waals surface area contributed by atoms with Crippen LogP contribution < -0.4 is 40.2 Å². The Morgan fingerprint density at radius 1 is 0.241 bits per heavy atom. The van der Waals surface area contributed by atoms with Crippen LogP contribution in [-0.4, -0.2) is 96.2 Å². The van der Waals surface area contributed by atoms with Crippen LogP contribution in [0.5, 0.6) is 23.0 Å². The Kier molecular flexibility index (Phi) is 41.9. The maximum Gasteiger partial charge on any atom is 0.257 e. The minimum Gasteiger partial charge on any atom is -0.484 e. The highest BCUT2D eigenvalue weighted by atomic mass is 16.5. The lowest BCUT2D eigenvalue weighted by Crippen LogP contribution is -2.29. The lowest BCUT2D eigenvalue weighted by Gasteiger charge is -2.10. The number of unbranched alkanes of at least 4 members (excludes halogenated alkanes) is 36. The molecule has 0 aliphatic carbocycles. The third-order valence-corrected chi connectivity index (χ3v) is 22.2. The number of hydrogen-bond acceptors (Lipinski definition) is 10. The number of aromatic amines is 2. The normalized spacial score (nSPS) is 11.6. The van der Waals surface area contributed by atoms with Gasteiger partial charge in [-0.1, -0.05) is 307 Å². The first-order valence-corrected chi connectivity index (χ1v) is 45.3. The van der Waals surface area contributed by atoms with Gasteiger partial charge in [-0.15, -0.1) is 0 Å².